The molecule has 26 heteroatoms. The summed E-state index contributed by atoms with van der Waals surface area (Å²) in [5.74, 6) is -0.408. The first kappa shape index (κ1) is 31.5. The van der Waals surface area contributed by atoms with Crippen molar-refractivity contribution in [1.29, 1.82) is 0 Å². The second kappa shape index (κ2) is 11.3. The molecule has 9 N–H and O–H groups in total. The van der Waals surface area contributed by atoms with Crippen molar-refractivity contribution in [3.05, 3.63) is 23.4 Å². The van der Waals surface area contributed by atoms with Crippen molar-refractivity contribution in [3.63, 3.8) is 0 Å². The van der Waals surface area contributed by atoms with E-state index in [0.717, 1.165) is 10.9 Å². The maximum absolute atomic E-state index is 14.0. The summed E-state index contributed by atoms with van der Waals surface area (Å²) in [6.07, 6.45) is -11.8. The summed E-state index contributed by atoms with van der Waals surface area (Å²) in [6.45, 7) is -1.70. The average molecular weight is 708 g/mol. The Morgan fingerprint density at radius 2 is 1.52 bits per heavy atom. The first-order chi connectivity index (χ1) is 21.7. The van der Waals surface area contributed by atoms with Crippen LogP contribution < -0.4 is 11.5 Å². The highest BCUT2D eigenvalue weighted by Gasteiger charge is 2.54. The molecular weight excluding hydrogens is 685 g/mol. The number of rotatable bonds is 2. The molecule has 2 unspecified atom stereocenters. The summed E-state index contributed by atoms with van der Waals surface area (Å²) in [5, 5.41) is 22.2. The van der Waals surface area contributed by atoms with Gasteiger partial charge in [-0.1, -0.05) is 12.2 Å². The van der Waals surface area contributed by atoms with Crippen molar-refractivity contribution in [2.24, 2.45) is 0 Å². The zero-order valence-corrected chi connectivity index (χ0v) is 25.3. The number of hydrogen-bond donors (Lipinski definition) is 7. The van der Waals surface area contributed by atoms with E-state index in [1.165, 1.54) is 10.9 Å². The molecule has 3 saturated heterocycles. The number of phosphoric ester groups is 2. The molecule has 0 spiro atoms. The van der Waals surface area contributed by atoms with Crippen LogP contribution >= 0.6 is 27.9 Å². The second-order valence-corrected chi connectivity index (χ2v) is 13.5. The number of aliphatic hydroxyl groups is 2. The van der Waals surface area contributed by atoms with Gasteiger partial charge in [0, 0.05) is 0 Å². The lowest BCUT2D eigenvalue weighted by atomic mass is 10.1. The normalized spacial score (nSPS) is 37.2. The average Bonchev–Trinajstić information content (AvgIpc) is 3.72. The number of nitrogens with zero attached hydrogens (tertiary/aromatic N) is 7. The van der Waals surface area contributed by atoms with Gasteiger partial charge in [0.15, 0.2) is 40.0 Å². The summed E-state index contributed by atoms with van der Waals surface area (Å²) in [4.78, 5) is 43.1. The van der Waals surface area contributed by atoms with E-state index < -0.39 is 84.0 Å². The molecule has 0 aliphatic carbocycles. The standard InChI is InChI=1S/C20H23FN10O12P2S/c21-19-26-13(22)7-14(27-19)30(3-24-7)17-10(33)11-6(41-17)2-39-45(36,37)43-12-9(32)5(1-38-44(34,35)42-11)40-18(12)31-4-25-8-15(31)28-20(23)29-16(8)46/h3-6,9-12,17-18,32-33H,1-2H2,(H,34,35)(H,36,37)(H2,22,26,27)(H3,23,28,29,46)/t5-,6-,9-,10-,11-,12-,17-,18-/m1/s1. The van der Waals surface area contributed by atoms with Crippen LogP contribution in [0.2, 0.25) is 0 Å². The van der Waals surface area contributed by atoms with Crippen molar-refractivity contribution in [2.75, 3.05) is 24.7 Å². The third-order valence-corrected chi connectivity index (χ3v) is 9.63. The van der Waals surface area contributed by atoms with Gasteiger partial charge in [0.1, 0.15) is 47.8 Å². The molecule has 0 aromatic carbocycles. The van der Waals surface area contributed by atoms with Crippen molar-refractivity contribution in [1.82, 2.24) is 39.0 Å². The molecule has 22 nitrogen and oxygen atoms in total. The van der Waals surface area contributed by atoms with Crippen LogP contribution in [-0.4, -0.2) is 109 Å². The Balaban J connectivity index is 1.21. The molecule has 0 amide bonds. The van der Waals surface area contributed by atoms with Gasteiger partial charge in [0.2, 0.25) is 0 Å². The zero-order valence-electron chi connectivity index (χ0n) is 22.7. The molecule has 0 saturated carbocycles. The van der Waals surface area contributed by atoms with E-state index in [9.17, 15) is 33.5 Å². The third kappa shape index (κ3) is 5.49. The fourth-order valence-electron chi connectivity index (χ4n) is 5.35. The monoisotopic (exact) mass is 708 g/mol. The number of imidazole rings is 2. The Labute approximate surface area is 259 Å². The quantitative estimate of drug-likeness (QED) is 0.0759. The molecule has 248 valence electrons. The maximum atomic E-state index is 14.0. The smallest absolute Gasteiger partial charge is 0.387 e. The number of fused-ring (bicyclic) bond motifs is 5. The fraction of sp³-hybridized carbons (Fsp3) is 0.500. The van der Waals surface area contributed by atoms with E-state index in [2.05, 4.69) is 29.9 Å². The van der Waals surface area contributed by atoms with Crippen molar-refractivity contribution in [3.8, 4) is 0 Å². The fourth-order valence-corrected chi connectivity index (χ4v) is 7.50. The lowest BCUT2D eigenvalue weighted by Gasteiger charge is -2.26. The largest absolute Gasteiger partial charge is 0.472 e. The molecule has 10 atom stereocenters. The molecule has 0 radical (unpaired) electrons. The van der Waals surface area contributed by atoms with Gasteiger partial charge in [-0.05, 0) is 0 Å². The number of phosphoric acid groups is 2. The summed E-state index contributed by atoms with van der Waals surface area (Å²) in [5.41, 5.74) is 11.5. The van der Waals surface area contributed by atoms with Crippen molar-refractivity contribution >= 4 is 62.0 Å². The summed E-state index contributed by atoms with van der Waals surface area (Å²) < 4.78 is 75.0. The molecule has 3 aliphatic heterocycles. The van der Waals surface area contributed by atoms with E-state index in [4.69, 9.17) is 51.3 Å². The highest BCUT2D eigenvalue weighted by Crippen LogP contribution is 2.53. The van der Waals surface area contributed by atoms with Crippen molar-refractivity contribution in [2.45, 2.75) is 49.1 Å². The van der Waals surface area contributed by atoms with Crippen LogP contribution in [0.25, 0.3) is 22.3 Å². The number of anilines is 2. The minimum Gasteiger partial charge on any atom is -0.387 e. The number of nitrogens with one attached hydrogen (secondary N) is 1. The van der Waals surface area contributed by atoms with Gasteiger partial charge in [-0.3, -0.25) is 27.2 Å². The highest BCUT2D eigenvalue weighted by molar-refractivity contribution is 7.71. The number of aromatic amines is 1. The molecule has 3 aliphatic rings. The van der Waals surface area contributed by atoms with Crippen LogP contribution in [-0.2, 0) is 36.7 Å². The van der Waals surface area contributed by atoms with Crippen LogP contribution in [0.1, 0.15) is 12.5 Å². The lowest BCUT2D eigenvalue weighted by Crippen LogP contribution is -2.36. The molecule has 4 aromatic heterocycles. The number of aromatic nitrogens is 8. The van der Waals surface area contributed by atoms with Crippen LogP contribution in [0.15, 0.2) is 12.7 Å². The predicted octanol–water partition coefficient (Wildman–Crippen LogP) is -0.833. The van der Waals surface area contributed by atoms with E-state index >= 15 is 0 Å². The summed E-state index contributed by atoms with van der Waals surface area (Å²) in [7, 11) is -10.2. The van der Waals surface area contributed by atoms with Crippen LogP contribution in [0, 0.1) is 10.7 Å². The van der Waals surface area contributed by atoms with Gasteiger partial charge in [0.05, 0.1) is 25.9 Å². The number of nitrogen functional groups attached to an aromatic ring is 2. The van der Waals surface area contributed by atoms with Gasteiger partial charge in [0.25, 0.3) is 0 Å². The topological polar surface area (TPSA) is 313 Å². The zero-order chi connectivity index (χ0) is 32.7. The lowest BCUT2D eigenvalue weighted by molar-refractivity contribution is -0.0672. The number of ether oxygens (including phenoxy) is 2. The Kier molecular flexibility index (Phi) is 7.72. The van der Waals surface area contributed by atoms with Gasteiger partial charge in [-0.15, -0.1) is 0 Å². The van der Waals surface area contributed by atoms with Crippen LogP contribution in [0.4, 0.5) is 16.2 Å². The van der Waals surface area contributed by atoms with E-state index in [1.54, 1.807) is 0 Å². The van der Waals surface area contributed by atoms with E-state index in [0.29, 0.717) is 0 Å². The third-order valence-electron chi connectivity index (χ3n) is 7.37. The van der Waals surface area contributed by atoms with Gasteiger partial charge in [-0.2, -0.15) is 14.4 Å². The van der Waals surface area contributed by atoms with Gasteiger partial charge >= 0.3 is 21.7 Å². The molecule has 3 fully saturated rings. The number of aliphatic hydroxyl groups excluding tert-OH is 2. The van der Waals surface area contributed by atoms with Crippen LogP contribution in [0.3, 0.4) is 0 Å². The van der Waals surface area contributed by atoms with E-state index in [1.807, 2.05) is 0 Å². The number of hydrogen-bond acceptors (Lipinski definition) is 18. The molecule has 2 bridgehead atoms. The minimum atomic E-state index is -5.12. The highest BCUT2D eigenvalue weighted by atomic mass is 32.1. The molecular formula is C20H23FN10O12P2S. The van der Waals surface area contributed by atoms with Gasteiger partial charge in [-0.25, -0.2) is 24.1 Å². The number of nitrogens with two attached hydrogens (primary N) is 2. The van der Waals surface area contributed by atoms with Crippen LogP contribution in [0.5, 0.6) is 0 Å². The Bertz CT molecular complexity index is 2000. The molecule has 7 heterocycles. The number of H-pyrrole nitrogens is 1. The molecule has 46 heavy (non-hydrogen) atoms. The minimum absolute atomic E-state index is 0.0221. The number of halogens is 1. The predicted molar refractivity (Wildman–Crippen MR) is 148 cm³/mol. The van der Waals surface area contributed by atoms with Gasteiger partial charge < -0.3 is 45.9 Å². The summed E-state index contributed by atoms with van der Waals surface area (Å²) >= 11 is 5.17. The second-order valence-electron chi connectivity index (χ2n) is 10.3. The first-order valence-corrected chi connectivity index (χ1v) is 16.5. The summed E-state index contributed by atoms with van der Waals surface area (Å²) in [6, 6.07) is 0. The van der Waals surface area contributed by atoms with Crippen molar-refractivity contribution < 1.29 is 61.1 Å². The van der Waals surface area contributed by atoms with E-state index in [-0.39, 0.29) is 38.7 Å². The Hall–Kier alpha value is -3.09. The SMILES string of the molecule is Nc1nc(=S)c2ncn([C@@H]3O[C@@H]4COP(=O)(O)O[C@H]5[C@@H](O)[C@H](n6cnc7c(N)nc(F)nc76)O[C@@H]5COP(=O)(O)O[C@@H]3[C@@H]4O)c2[nH]1. The Morgan fingerprint density at radius 1 is 0.891 bits per heavy atom. The first-order valence-electron chi connectivity index (χ1n) is 13.1. The molecule has 7 rings (SSSR count). The maximum Gasteiger partial charge on any atom is 0.472 e. The molecule has 4 aromatic rings. The Morgan fingerprint density at radius 3 is 2.26 bits per heavy atom.